The maximum atomic E-state index is 12.1. The van der Waals surface area contributed by atoms with E-state index in [-0.39, 0.29) is 10.7 Å². The van der Waals surface area contributed by atoms with Crippen LogP contribution >= 0.6 is 0 Å². The van der Waals surface area contributed by atoms with E-state index in [1.807, 2.05) is 30.3 Å². The number of hydrogen-bond donors (Lipinski definition) is 4. The van der Waals surface area contributed by atoms with Gasteiger partial charge in [-0.15, -0.1) is 5.10 Å². The molecule has 1 unspecified atom stereocenters. The van der Waals surface area contributed by atoms with Gasteiger partial charge in [0.05, 0.1) is 4.90 Å². The number of nitrogens with one attached hydrogen (secondary N) is 3. The van der Waals surface area contributed by atoms with Crippen LogP contribution < -0.4 is 15.8 Å². The van der Waals surface area contributed by atoms with Crippen molar-refractivity contribution < 1.29 is 8.42 Å². The Morgan fingerprint density at radius 3 is 2.63 bits per heavy atom. The van der Waals surface area contributed by atoms with Crippen LogP contribution in [0.5, 0.6) is 0 Å². The van der Waals surface area contributed by atoms with Crippen molar-refractivity contribution in [2.24, 2.45) is 5.14 Å². The number of tetrazole rings is 1. The molecule has 2 heterocycles. The standard InChI is InChI=1S/C20H23N7O2S/c1-13-5-10-16(12-22-13)23-11-14-6-8-15(9-7-14)17-3-2-4-18(30(21,28)29)19(17)20-24-26-27-25-20/h2-4,6-9,16,22-23H,1,5,10-12H2,(H2,21,28,29)(H,24,25,26,27). The van der Waals surface area contributed by atoms with Crippen molar-refractivity contribution in [3.05, 3.63) is 60.3 Å². The third-order valence-corrected chi connectivity index (χ3v) is 6.12. The van der Waals surface area contributed by atoms with E-state index < -0.39 is 10.0 Å². The minimum atomic E-state index is -3.96. The molecule has 4 rings (SSSR count). The Morgan fingerprint density at radius 2 is 2.00 bits per heavy atom. The SMILES string of the molecule is C=C1CCC(NCc2ccc(-c3cccc(S(N)(=O)=O)c3-c3nnn[nH]3)cc2)CN1. The van der Waals surface area contributed by atoms with Gasteiger partial charge in [-0.25, -0.2) is 18.7 Å². The highest BCUT2D eigenvalue weighted by Gasteiger charge is 2.22. The molecular weight excluding hydrogens is 402 g/mol. The van der Waals surface area contributed by atoms with Gasteiger partial charge < -0.3 is 10.6 Å². The van der Waals surface area contributed by atoms with E-state index in [0.29, 0.717) is 17.2 Å². The van der Waals surface area contributed by atoms with Crippen molar-refractivity contribution in [1.29, 1.82) is 0 Å². The van der Waals surface area contributed by atoms with Gasteiger partial charge in [-0.1, -0.05) is 43.0 Å². The lowest BCUT2D eigenvalue weighted by Crippen LogP contribution is -2.41. The van der Waals surface area contributed by atoms with Crippen LogP contribution in [0, 0.1) is 0 Å². The van der Waals surface area contributed by atoms with Gasteiger partial charge in [-0.3, -0.25) is 0 Å². The fraction of sp³-hybridized carbons (Fsp3) is 0.250. The van der Waals surface area contributed by atoms with Crippen LogP contribution in [0.4, 0.5) is 0 Å². The van der Waals surface area contributed by atoms with Gasteiger partial charge in [-0.05, 0) is 46.0 Å². The molecule has 3 aromatic rings. The molecule has 1 aromatic heterocycles. The predicted molar refractivity (Wildman–Crippen MR) is 113 cm³/mol. The lowest BCUT2D eigenvalue weighted by Gasteiger charge is -2.26. The largest absolute Gasteiger partial charge is 0.387 e. The highest BCUT2D eigenvalue weighted by atomic mass is 32.2. The number of benzene rings is 2. The third kappa shape index (κ3) is 4.40. The second-order valence-electron chi connectivity index (χ2n) is 7.27. The first kappa shape index (κ1) is 20.2. The van der Waals surface area contributed by atoms with Crippen LogP contribution in [0.25, 0.3) is 22.5 Å². The summed E-state index contributed by atoms with van der Waals surface area (Å²) < 4.78 is 24.2. The maximum Gasteiger partial charge on any atom is 0.238 e. The van der Waals surface area contributed by atoms with E-state index in [1.165, 1.54) is 6.07 Å². The molecule has 5 N–H and O–H groups in total. The summed E-state index contributed by atoms with van der Waals surface area (Å²) in [7, 11) is -3.96. The molecule has 0 amide bonds. The van der Waals surface area contributed by atoms with Crippen molar-refractivity contribution in [1.82, 2.24) is 31.3 Å². The topological polar surface area (TPSA) is 139 Å². The fourth-order valence-corrected chi connectivity index (χ4v) is 4.32. The van der Waals surface area contributed by atoms with Gasteiger partial charge in [0, 0.05) is 30.4 Å². The molecule has 0 saturated carbocycles. The lowest BCUT2D eigenvalue weighted by molar-refractivity contribution is 0.423. The van der Waals surface area contributed by atoms with Crippen molar-refractivity contribution >= 4 is 10.0 Å². The Balaban J connectivity index is 1.59. The number of piperidine rings is 1. The van der Waals surface area contributed by atoms with E-state index >= 15 is 0 Å². The van der Waals surface area contributed by atoms with Crippen LogP contribution in [0.3, 0.4) is 0 Å². The summed E-state index contributed by atoms with van der Waals surface area (Å²) in [5, 5.41) is 25.9. The summed E-state index contributed by atoms with van der Waals surface area (Å²) in [6.45, 7) is 5.58. The molecule has 9 nitrogen and oxygen atoms in total. The lowest BCUT2D eigenvalue weighted by atomic mass is 9.98. The van der Waals surface area contributed by atoms with Crippen molar-refractivity contribution in [2.75, 3.05) is 6.54 Å². The fourth-order valence-electron chi connectivity index (χ4n) is 3.56. The molecule has 0 spiro atoms. The number of sulfonamides is 1. The quantitative estimate of drug-likeness (QED) is 0.470. The van der Waals surface area contributed by atoms with Gasteiger partial charge in [-0.2, -0.15) is 0 Å². The van der Waals surface area contributed by atoms with Crippen LogP contribution in [0.1, 0.15) is 18.4 Å². The second-order valence-corrected chi connectivity index (χ2v) is 8.80. The first-order valence-corrected chi connectivity index (χ1v) is 11.1. The normalized spacial score (nSPS) is 17.0. The molecule has 1 aliphatic rings. The summed E-state index contributed by atoms with van der Waals surface area (Å²) in [5.74, 6) is 0.242. The summed E-state index contributed by atoms with van der Waals surface area (Å²) in [6, 6.07) is 13.3. The number of allylic oxidation sites excluding steroid dienone is 1. The molecule has 1 fully saturated rings. The van der Waals surface area contributed by atoms with E-state index in [9.17, 15) is 8.42 Å². The van der Waals surface area contributed by atoms with Crippen molar-refractivity contribution in [2.45, 2.75) is 30.3 Å². The first-order valence-electron chi connectivity index (χ1n) is 9.56. The van der Waals surface area contributed by atoms with Crippen molar-refractivity contribution in [3.63, 3.8) is 0 Å². The first-order chi connectivity index (χ1) is 14.4. The number of aromatic nitrogens is 4. The number of nitrogens with two attached hydrogens (primary N) is 1. The maximum absolute atomic E-state index is 12.1. The Labute approximate surface area is 174 Å². The number of rotatable bonds is 6. The molecule has 0 aliphatic carbocycles. The highest BCUT2D eigenvalue weighted by molar-refractivity contribution is 7.89. The number of primary sulfonamides is 1. The second kappa shape index (κ2) is 8.34. The number of hydrogen-bond acceptors (Lipinski definition) is 7. The summed E-state index contributed by atoms with van der Waals surface area (Å²) in [4.78, 5) is -0.0318. The molecule has 156 valence electrons. The number of H-pyrrole nitrogens is 1. The van der Waals surface area contributed by atoms with E-state index in [0.717, 1.165) is 42.8 Å². The molecule has 2 aromatic carbocycles. The van der Waals surface area contributed by atoms with Gasteiger partial charge >= 0.3 is 0 Å². The van der Waals surface area contributed by atoms with Gasteiger partial charge in [0.1, 0.15) is 0 Å². The zero-order chi connectivity index (χ0) is 21.1. The van der Waals surface area contributed by atoms with E-state index in [1.54, 1.807) is 6.07 Å². The Bertz CT molecular complexity index is 1130. The smallest absolute Gasteiger partial charge is 0.238 e. The molecule has 30 heavy (non-hydrogen) atoms. The van der Waals surface area contributed by atoms with E-state index in [2.05, 4.69) is 37.8 Å². The van der Waals surface area contributed by atoms with Crippen LogP contribution in [0.15, 0.2) is 59.6 Å². The Morgan fingerprint density at radius 1 is 1.20 bits per heavy atom. The van der Waals surface area contributed by atoms with Crippen LogP contribution in [-0.2, 0) is 16.6 Å². The summed E-state index contributed by atoms with van der Waals surface area (Å²) in [6.07, 6.45) is 2.05. The van der Waals surface area contributed by atoms with Gasteiger partial charge in [0.25, 0.3) is 0 Å². The third-order valence-electron chi connectivity index (χ3n) is 5.17. The number of nitrogens with zero attached hydrogens (tertiary/aromatic N) is 3. The minimum absolute atomic E-state index is 0.0318. The molecular formula is C20H23N7O2S. The summed E-state index contributed by atoms with van der Waals surface area (Å²) in [5.41, 5.74) is 4.09. The Kier molecular flexibility index (Phi) is 5.62. The van der Waals surface area contributed by atoms with E-state index in [4.69, 9.17) is 5.14 Å². The Hall–Kier alpha value is -3.08. The average molecular weight is 426 g/mol. The monoisotopic (exact) mass is 425 g/mol. The molecule has 0 bridgehead atoms. The van der Waals surface area contributed by atoms with Crippen LogP contribution in [0.2, 0.25) is 0 Å². The van der Waals surface area contributed by atoms with Crippen LogP contribution in [-0.4, -0.2) is 41.6 Å². The predicted octanol–water partition coefficient (Wildman–Crippen LogP) is 1.54. The van der Waals surface area contributed by atoms with Crippen molar-refractivity contribution in [3.8, 4) is 22.5 Å². The molecule has 0 radical (unpaired) electrons. The minimum Gasteiger partial charge on any atom is -0.387 e. The number of aromatic amines is 1. The molecule has 10 heteroatoms. The molecule has 1 atom stereocenters. The summed E-state index contributed by atoms with van der Waals surface area (Å²) >= 11 is 0. The zero-order valence-electron chi connectivity index (χ0n) is 16.3. The molecule has 1 aliphatic heterocycles. The average Bonchev–Trinajstić information content (AvgIpc) is 3.27. The highest BCUT2D eigenvalue weighted by Crippen LogP contribution is 2.34. The van der Waals surface area contributed by atoms with Gasteiger partial charge in [0.2, 0.25) is 10.0 Å². The van der Waals surface area contributed by atoms with Gasteiger partial charge in [0.15, 0.2) is 5.82 Å². The zero-order valence-corrected chi connectivity index (χ0v) is 17.1. The molecule has 1 saturated heterocycles.